The van der Waals surface area contributed by atoms with Crippen molar-refractivity contribution in [3.05, 3.63) is 24.3 Å². The van der Waals surface area contributed by atoms with Gasteiger partial charge in [0.1, 0.15) is 5.52 Å². The molecule has 1 fully saturated rings. The number of amides is 1. The van der Waals surface area contributed by atoms with Crippen molar-refractivity contribution < 1.29 is 27.4 Å². The SMILES string of the molecule is COc1cc2c([nH]c3ccc(S(=O)(=O)N4CCOCC4)cc32)c(OC(N)=O)n1. The van der Waals surface area contributed by atoms with Crippen LogP contribution >= 0.6 is 0 Å². The monoisotopic (exact) mass is 406 g/mol. The van der Waals surface area contributed by atoms with Gasteiger partial charge in [-0.15, -0.1) is 0 Å². The van der Waals surface area contributed by atoms with Gasteiger partial charge in [0.2, 0.25) is 15.9 Å². The van der Waals surface area contributed by atoms with E-state index in [0.29, 0.717) is 48.1 Å². The Balaban J connectivity index is 1.89. The highest BCUT2D eigenvalue weighted by molar-refractivity contribution is 7.89. The third kappa shape index (κ3) is 3.13. The number of aromatic amines is 1. The molecule has 3 heterocycles. The Labute approximate surface area is 160 Å². The molecule has 1 aromatic carbocycles. The van der Waals surface area contributed by atoms with E-state index in [1.165, 1.54) is 17.5 Å². The normalized spacial score (nSPS) is 15.8. The van der Waals surface area contributed by atoms with E-state index >= 15 is 0 Å². The molecule has 0 spiro atoms. The molecule has 0 radical (unpaired) electrons. The van der Waals surface area contributed by atoms with Gasteiger partial charge < -0.3 is 24.9 Å². The fourth-order valence-corrected chi connectivity index (χ4v) is 4.63. The highest BCUT2D eigenvalue weighted by Crippen LogP contribution is 2.35. The van der Waals surface area contributed by atoms with Gasteiger partial charge in [0.25, 0.3) is 5.88 Å². The number of ether oxygens (including phenoxy) is 3. The third-order valence-electron chi connectivity index (χ3n) is 4.52. The Morgan fingerprint density at radius 3 is 2.68 bits per heavy atom. The van der Waals surface area contributed by atoms with Gasteiger partial charge in [-0.3, -0.25) is 0 Å². The summed E-state index contributed by atoms with van der Waals surface area (Å²) in [7, 11) is -2.24. The summed E-state index contributed by atoms with van der Waals surface area (Å²) < 4.78 is 42.7. The van der Waals surface area contributed by atoms with Crippen LogP contribution in [0.15, 0.2) is 29.2 Å². The number of pyridine rings is 1. The second kappa shape index (κ2) is 6.93. The van der Waals surface area contributed by atoms with Crippen LogP contribution in [-0.2, 0) is 14.8 Å². The summed E-state index contributed by atoms with van der Waals surface area (Å²) >= 11 is 0. The maximum atomic E-state index is 13.0. The van der Waals surface area contributed by atoms with Crippen LogP contribution in [0, 0.1) is 0 Å². The summed E-state index contributed by atoms with van der Waals surface area (Å²) in [5.41, 5.74) is 6.18. The van der Waals surface area contributed by atoms with Crippen LogP contribution in [-0.4, -0.2) is 62.2 Å². The number of aromatic nitrogens is 2. The van der Waals surface area contributed by atoms with E-state index in [0.717, 1.165) is 0 Å². The Kier molecular flexibility index (Phi) is 4.57. The Bertz CT molecular complexity index is 1170. The number of carbonyl (C=O) groups is 1. The van der Waals surface area contributed by atoms with Crippen LogP contribution in [0.1, 0.15) is 0 Å². The van der Waals surface area contributed by atoms with Crippen molar-refractivity contribution in [3.63, 3.8) is 0 Å². The second-order valence-electron chi connectivity index (χ2n) is 6.16. The van der Waals surface area contributed by atoms with Gasteiger partial charge in [-0.2, -0.15) is 9.29 Å². The van der Waals surface area contributed by atoms with Crippen LogP contribution in [0.2, 0.25) is 0 Å². The highest BCUT2D eigenvalue weighted by atomic mass is 32.2. The van der Waals surface area contributed by atoms with Crippen LogP contribution in [0.4, 0.5) is 4.79 Å². The molecule has 148 valence electrons. The molecule has 28 heavy (non-hydrogen) atoms. The molecular formula is C17H18N4O6S. The molecule has 11 heteroatoms. The highest BCUT2D eigenvalue weighted by Gasteiger charge is 2.27. The Hall–Kier alpha value is -2.89. The lowest BCUT2D eigenvalue weighted by atomic mass is 10.2. The number of H-pyrrole nitrogens is 1. The molecule has 0 aliphatic carbocycles. The fraction of sp³-hybridized carbons (Fsp3) is 0.294. The zero-order valence-corrected chi connectivity index (χ0v) is 15.8. The standard InChI is InChI=1S/C17H18N4O6S/c1-25-14-9-12-11-8-10(28(23,24)21-4-6-26-7-5-21)2-3-13(11)19-15(12)16(20-14)27-17(18)22/h2-3,8-9,19H,4-7H2,1H3,(H2,18,22). The predicted molar refractivity (Wildman–Crippen MR) is 99.9 cm³/mol. The number of nitrogens with one attached hydrogen (secondary N) is 1. The number of primary amides is 1. The first kappa shape index (κ1) is 18.5. The quantitative estimate of drug-likeness (QED) is 0.664. The number of benzene rings is 1. The van der Waals surface area contributed by atoms with E-state index in [2.05, 4.69) is 9.97 Å². The van der Waals surface area contributed by atoms with Crippen molar-refractivity contribution in [2.24, 2.45) is 5.73 Å². The van der Waals surface area contributed by atoms with Gasteiger partial charge in [0.05, 0.1) is 25.2 Å². The molecule has 1 amide bonds. The average Bonchev–Trinajstić information content (AvgIpc) is 3.06. The molecule has 0 atom stereocenters. The smallest absolute Gasteiger partial charge is 0.411 e. The summed E-state index contributed by atoms with van der Waals surface area (Å²) in [5.74, 6) is 0.154. The minimum atomic E-state index is -3.66. The molecule has 3 N–H and O–H groups in total. The predicted octanol–water partition coefficient (Wildman–Crippen LogP) is 1.20. The molecule has 0 bridgehead atoms. The molecule has 1 aliphatic heterocycles. The maximum absolute atomic E-state index is 13.0. The van der Waals surface area contributed by atoms with Crippen LogP contribution in [0.5, 0.6) is 11.8 Å². The number of carbonyl (C=O) groups excluding carboxylic acids is 1. The summed E-state index contributed by atoms with van der Waals surface area (Å²) in [6.45, 7) is 1.35. The Morgan fingerprint density at radius 2 is 2.00 bits per heavy atom. The molecule has 1 aliphatic rings. The number of hydrogen-bond donors (Lipinski definition) is 2. The van der Waals surface area contributed by atoms with Crippen molar-refractivity contribution in [1.29, 1.82) is 0 Å². The number of fused-ring (bicyclic) bond motifs is 3. The zero-order chi connectivity index (χ0) is 19.9. The molecule has 4 rings (SSSR count). The van der Waals surface area contributed by atoms with Gasteiger partial charge in [-0.25, -0.2) is 13.2 Å². The van der Waals surface area contributed by atoms with E-state index in [9.17, 15) is 13.2 Å². The molecule has 3 aromatic rings. The lowest BCUT2D eigenvalue weighted by molar-refractivity contribution is 0.0730. The van der Waals surface area contributed by atoms with E-state index in [-0.39, 0.29) is 16.7 Å². The van der Waals surface area contributed by atoms with Gasteiger partial charge in [-0.05, 0) is 18.2 Å². The summed E-state index contributed by atoms with van der Waals surface area (Å²) in [5, 5.41) is 1.22. The van der Waals surface area contributed by atoms with E-state index in [1.54, 1.807) is 18.2 Å². The van der Waals surface area contributed by atoms with Crippen LogP contribution < -0.4 is 15.2 Å². The van der Waals surface area contributed by atoms with E-state index < -0.39 is 16.1 Å². The van der Waals surface area contributed by atoms with Crippen molar-refractivity contribution in [2.45, 2.75) is 4.90 Å². The first-order chi connectivity index (χ1) is 13.4. The second-order valence-corrected chi connectivity index (χ2v) is 8.10. The van der Waals surface area contributed by atoms with Gasteiger partial charge in [-0.1, -0.05) is 0 Å². The summed E-state index contributed by atoms with van der Waals surface area (Å²) in [6.07, 6.45) is -1.02. The van der Waals surface area contributed by atoms with Crippen molar-refractivity contribution in [2.75, 3.05) is 33.4 Å². The lowest BCUT2D eigenvalue weighted by Crippen LogP contribution is -2.40. The topological polar surface area (TPSA) is 137 Å². The molecule has 0 unspecified atom stereocenters. The minimum absolute atomic E-state index is 0.0457. The molecule has 0 saturated carbocycles. The van der Waals surface area contributed by atoms with Crippen LogP contribution in [0.3, 0.4) is 0 Å². The van der Waals surface area contributed by atoms with Gasteiger partial charge in [0.15, 0.2) is 0 Å². The number of nitrogens with two attached hydrogens (primary N) is 1. The molecular weight excluding hydrogens is 388 g/mol. The van der Waals surface area contributed by atoms with Gasteiger partial charge in [0, 0.05) is 35.4 Å². The molecule has 2 aromatic heterocycles. The van der Waals surface area contributed by atoms with Gasteiger partial charge >= 0.3 is 6.09 Å². The van der Waals surface area contributed by atoms with Crippen molar-refractivity contribution in [3.8, 4) is 11.8 Å². The number of sulfonamides is 1. The summed E-state index contributed by atoms with van der Waals surface area (Å²) in [4.78, 5) is 18.5. The third-order valence-corrected chi connectivity index (χ3v) is 6.41. The van der Waals surface area contributed by atoms with Crippen molar-refractivity contribution >= 4 is 37.9 Å². The first-order valence-corrected chi connectivity index (χ1v) is 9.90. The largest absolute Gasteiger partial charge is 0.481 e. The number of methoxy groups -OCH3 is 1. The number of hydrogen-bond acceptors (Lipinski definition) is 7. The number of rotatable bonds is 4. The number of nitrogens with zero attached hydrogens (tertiary/aromatic N) is 2. The lowest BCUT2D eigenvalue weighted by Gasteiger charge is -2.26. The van der Waals surface area contributed by atoms with E-state index in [1.807, 2.05) is 0 Å². The van der Waals surface area contributed by atoms with Crippen LogP contribution in [0.25, 0.3) is 21.8 Å². The minimum Gasteiger partial charge on any atom is -0.481 e. The fourth-order valence-electron chi connectivity index (χ4n) is 3.19. The molecule has 10 nitrogen and oxygen atoms in total. The zero-order valence-electron chi connectivity index (χ0n) is 15.0. The first-order valence-electron chi connectivity index (χ1n) is 8.46. The van der Waals surface area contributed by atoms with E-state index in [4.69, 9.17) is 19.9 Å². The summed E-state index contributed by atoms with van der Waals surface area (Å²) in [6, 6.07) is 6.39. The average molecular weight is 406 g/mol. The van der Waals surface area contributed by atoms with Crippen molar-refractivity contribution in [1.82, 2.24) is 14.3 Å². The molecule has 1 saturated heterocycles. The Morgan fingerprint density at radius 1 is 1.25 bits per heavy atom. The maximum Gasteiger partial charge on any atom is 0.411 e. The number of morpholine rings is 1.